The van der Waals surface area contributed by atoms with Crippen molar-refractivity contribution >= 4 is 5.91 Å². The third-order valence-corrected chi connectivity index (χ3v) is 1.32. The first-order chi connectivity index (χ1) is 5.79. The Labute approximate surface area is 70.3 Å². The van der Waals surface area contributed by atoms with Crippen LogP contribution in [0.25, 0.3) is 0 Å². The smallest absolute Gasteiger partial charge is 0.219 e. The zero-order chi connectivity index (χ0) is 8.81. The summed E-state index contributed by atoms with van der Waals surface area (Å²) in [5, 5.41) is 0. The van der Waals surface area contributed by atoms with Gasteiger partial charge in [-0.25, -0.2) is 0 Å². The molecule has 2 N–H and O–H groups in total. The second-order valence-electron chi connectivity index (χ2n) is 2.35. The molecular formula is C8H11NO3. The number of furan rings is 1. The zero-order valence-electron chi connectivity index (χ0n) is 6.66. The number of nitrogens with two attached hydrogens (primary N) is 1. The van der Waals surface area contributed by atoms with Crippen LogP contribution < -0.4 is 5.73 Å². The Kier molecular flexibility index (Phi) is 3.35. The van der Waals surface area contributed by atoms with Crippen LogP contribution in [0, 0.1) is 0 Å². The highest BCUT2D eigenvalue weighted by molar-refractivity contribution is 5.73. The summed E-state index contributed by atoms with van der Waals surface area (Å²) < 4.78 is 10.1. The van der Waals surface area contributed by atoms with Crippen LogP contribution in [0.3, 0.4) is 0 Å². The Balaban J connectivity index is 2.07. The number of hydrogen-bond acceptors (Lipinski definition) is 3. The molecule has 0 radical (unpaired) electrons. The SMILES string of the molecule is NC(=O)CCOCc1ccco1. The van der Waals surface area contributed by atoms with Crippen LogP contribution in [0.2, 0.25) is 0 Å². The molecule has 1 heterocycles. The molecule has 1 aromatic heterocycles. The van der Waals surface area contributed by atoms with Crippen molar-refractivity contribution in [2.75, 3.05) is 6.61 Å². The van der Waals surface area contributed by atoms with Crippen molar-refractivity contribution in [3.63, 3.8) is 0 Å². The van der Waals surface area contributed by atoms with E-state index in [-0.39, 0.29) is 12.3 Å². The van der Waals surface area contributed by atoms with Crippen molar-refractivity contribution in [2.45, 2.75) is 13.0 Å². The van der Waals surface area contributed by atoms with Crippen LogP contribution in [-0.2, 0) is 16.1 Å². The monoisotopic (exact) mass is 169 g/mol. The molecule has 0 fully saturated rings. The molecule has 0 unspecified atom stereocenters. The third-order valence-electron chi connectivity index (χ3n) is 1.32. The third kappa shape index (κ3) is 3.21. The molecule has 0 bridgehead atoms. The van der Waals surface area contributed by atoms with E-state index in [2.05, 4.69) is 0 Å². The quantitative estimate of drug-likeness (QED) is 0.659. The maximum absolute atomic E-state index is 10.3. The van der Waals surface area contributed by atoms with Crippen molar-refractivity contribution in [3.05, 3.63) is 24.2 Å². The van der Waals surface area contributed by atoms with E-state index >= 15 is 0 Å². The standard InChI is InChI=1S/C8H11NO3/c9-8(10)3-5-11-6-7-2-1-4-12-7/h1-2,4H,3,5-6H2,(H2,9,10). The summed E-state index contributed by atoms with van der Waals surface area (Å²) >= 11 is 0. The van der Waals surface area contributed by atoms with Crippen LogP contribution in [0.4, 0.5) is 0 Å². The Bertz CT molecular complexity index is 230. The van der Waals surface area contributed by atoms with Crippen molar-refractivity contribution in [1.82, 2.24) is 0 Å². The van der Waals surface area contributed by atoms with Gasteiger partial charge in [-0.05, 0) is 12.1 Å². The molecule has 1 rings (SSSR count). The molecule has 0 spiro atoms. The summed E-state index contributed by atoms with van der Waals surface area (Å²) in [6.45, 7) is 0.732. The minimum absolute atomic E-state index is 0.251. The van der Waals surface area contributed by atoms with E-state index in [0.717, 1.165) is 5.76 Å². The zero-order valence-corrected chi connectivity index (χ0v) is 6.66. The molecule has 0 aliphatic rings. The second kappa shape index (κ2) is 4.56. The molecule has 0 aliphatic carbocycles. The lowest BCUT2D eigenvalue weighted by atomic mass is 10.4. The summed E-state index contributed by atoms with van der Waals surface area (Å²) in [5.41, 5.74) is 4.91. The average Bonchev–Trinajstić information content (AvgIpc) is 2.49. The Morgan fingerprint density at radius 1 is 1.67 bits per heavy atom. The summed E-state index contributed by atoms with van der Waals surface area (Å²) in [5.74, 6) is 0.397. The maximum atomic E-state index is 10.3. The van der Waals surface area contributed by atoms with Crippen LogP contribution >= 0.6 is 0 Å². The predicted molar refractivity (Wildman–Crippen MR) is 42.2 cm³/mol. The van der Waals surface area contributed by atoms with Crippen LogP contribution in [-0.4, -0.2) is 12.5 Å². The maximum Gasteiger partial charge on any atom is 0.219 e. The number of amides is 1. The van der Waals surface area contributed by atoms with Gasteiger partial charge in [-0.2, -0.15) is 0 Å². The topological polar surface area (TPSA) is 65.5 Å². The molecule has 4 nitrogen and oxygen atoms in total. The van der Waals surface area contributed by atoms with Gasteiger partial charge in [0.05, 0.1) is 12.9 Å². The van der Waals surface area contributed by atoms with Gasteiger partial charge >= 0.3 is 0 Å². The van der Waals surface area contributed by atoms with Gasteiger partial charge in [0.25, 0.3) is 0 Å². The normalized spacial score (nSPS) is 10.0. The number of rotatable bonds is 5. The Morgan fingerprint density at radius 2 is 2.50 bits per heavy atom. The van der Waals surface area contributed by atoms with E-state index in [1.165, 1.54) is 0 Å². The number of hydrogen-bond donors (Lipinski definition) is 1. The van der Waals surface area contributed by atoms with Crippen molar-refractivity contribution in [2.24, 2.45) is 5.73 Å². The first-order valence-corrected chi connectivity index (χ1v) is 3.67. The van der Waals surface area contributed by atoms with Gasteiger partial charge in [0.15, 0.2) is 0 Å². The fraction of sp³-hybridized carbons (Fsp3) is 0.375. The molecule has 12 heavy (non-hydrogen) atoms. The van der Waals surface area contributed by atoms with E-state index in [1.807, 2.05) is 6.07 Å². The van der Waals surface area contributed by atoms with Gasteiger partial charge < -0.3 is 14.9 Å². The fourth-order valence-corrected chi connectivity index (χ4v) is 0.740. The fourth-order valence-electron chi connectivity index (χ4n) is 0.740. The number of carbonyl (C=O) groups excluding carboxylic acids is 1. The molecule has 0 atom stereocenters. The lowest BCUT2D eigenvalue weighted by Gasteiger charge is -1.98. The average molecular weight is 169 g/mol. The van der Waals surface area contributed by atoms with E-state index in [0.29, 0.717) is 13.2 Å². The molecular weight excluding hydrogens is 158 g/mol. The summed E-state index contributed by atoms with van der Waals surface area (Å²) in [6, 6.07) is 3.59. The highest BCUT2D eigenvalue weighted by Gasteiger charge is 1.96. The summed E-state index contributed by atoms with van der Waals surface area (Å²) in [4.78, 5) is 10.3. The highest BCUT2D eigenvalue weighted by Crippen LogP contribution is 2.01. The van der Waals surface area contributed by atoms with Crippen LogP contribution in [0.15, 0.2) is 22.8 Å². The minimum Gasteiger partial charge on any atom is -0.467 e. The number of ether oxygens (including phenoxy) is 1. The Morgan fingerprint density at radius 3 is 3.08 bits per heavy atom. The van der Waals surface area contributed by atoms with Gasteiger partial charge in [0.2, 0.25) is 5.91 Å². The van der Waals surface area contributed by atoms with Crippen LogP contribution in [0.5, 0.6) is 0 Å². The molecule has 0 saturated heterocycles. The molecule has 1 amide bonds. The molecule has 1 aromatic rings. The number of primary amides is 1. The lowest BCUT2D eigenvalue weighted by molar-refractivity contribution is -0.119. The van der Waals surface area contributed by atoms with E-state index in [1.54, 1.807) is 12.3 Å². The number of carbonyl (C=O) groups is 1. The van der Waals surface area contributed by atoms with E-state index < -0.39 is 0 Å². The van der Waals surface area contributed by atoms with E-state index in [9.17, 15) is 4.79 Å². The van der Waals surface area contributed by atoms with Crippen LogP contribution in [0.1, 0.15) is 12.2 Å². The predicted octanol–water partition coefficient (Wildman–Crippen LogP) is 0.672. The Hall–Kier alpha value is -1.29. The van der Waals surface area contributed by atoms with Gasteiger partial charge in [0.1, 0.15) is 12.4 Å². The summed E-state index contributed by atoms with van der Waals surface area (Å²) in [6.07, 6.45) is 1.83. The largest absolute Gasteiger partial charge is 0.467 e. The molecule has 66 valence electrons. The van der Waals surface area contributed by atoms with Gasteiger partial charge in [-0.15, -0.1) is 0 Å². The molecule has 4 heteroatoms. The van der Waals surface area contributed by atoms with Gasteiger partial charge in [-0.3, -0.25) is 4.79 Å². The lowest BCUT2D eigenvalue weighted by Crippen LogP contribution is -2.13. The van der Waals surface area contributed by atoms with E-state index in [4.69, 9.17) is 14.9 Å². The van der Waals surface area contributed by atoms with Crippen molar-refractivity contribution in [1.29, 1.82) is 0 Å². The minimum atomic E-state index is -0.352. The summed E-state index contributed by atoms with van der Waals surface area (Å²) in [7, 11) is 0. The first kappa shape index (κ1) is 8.80. The molecule has 0 aliphatic heterocycles. The van der Waals surface area contributed by atoms with Gasteiger partial charge in [0, 0.05) is 6.42 Å². The van der Waals surface area contributed by atoms with Gasteiger partial charge in [-0.1, -0.05) is 0 Å². The molecule has 0 saturated carbocycles. The van der Waals surface area contributed by atoms with Crippen molar-refractivity contribution in [3.8, 4) is 0 Å². The first-order valence-electron chi connectivity index (χ1n) is 3.67. The second-order valence-corrected chi connectivity index (χ2v) is 2.35. The van der Waals surface area contributed by atoms with Crippen molar-refractivity contribution < 1.29 is 13.9 Å². The molecule has 0 aromatic carbocycles. The highest BCUT2D eigenvalue weighted by atomic mass is 16.5.